The Morgan fingerprint density at radius 2 is 1.65 bits per heavy atom. The second kappa shape index (κ2) is 9.57. The molecule has 0 spiro atoms. The number of benzene rings is 2. The van der Waals surface area contributed by atoms with Gasteiger partial charge in [-0.2, -0.15) is 0 Å². The first-order valence-corrected chi connectivity index (χ1v) is 9.08. The summed E-state index contributed by atoms with van der Waals surface area (Å²) < 4.78 is 16.1. The van der Waals surface area contributed by atoms with Crippen molar-refractivity contribution in [2.75, 3.05) is 40.5 Å². The summed E-state index contributed by atoms with van der Waals surface area (Å²) in [7, 11) is 3.35. The van der Waals surface area contributed by atoms with E-state index in [1.165, 1.54) is 11.1 Å². The number of hydrogen-bond donors (Lipinski definition) is 1. The van der Waals surface area contributed by atoms with Gasteiger partial charge in [0.25, 0.3) is 0 Å². The van der Waals surface area contributed by atoms with Crippen LogP contribution in [0.2, 0.25) is 0 Å². The fraction of sp³-hybridized carbons (Fsp3) is 0.429. The van der Waals surface area contributed by atoms with Crippen molar-refractivity contribution in [2.24, 2.45) is 0 Å². The van der Waals surface area contributed by atoms with Crippen LogP contribution in [0.4, 0.5) is 0 Å². The van der Waals surface area contributed by atoms with Gasteiger partial charge in [-0.3, -0.25) is 4.90 Å². The first kappa shape index (κ1) is 18.7. The second-order valence-electron chi connectivity index (χ2n) is 6.49. The zero-order chi connectivity index (χ0) is 18.2. The van der Waals surface area contributed by atoms with E-state index in [0.29, 0.717) is 0 Å². The van der Waals surface area contributed by atoms with E-state index in [0.717, 1.165) is 63.0 Å². The normalized spacial score (nSPS) is 15.0. The van der Waals surface area contributed by atoms with Crippen molar-refractivity contribution in [3.05, 3.63) is 59.2 Å². The van der Waals surface area contributed by atoms with Gasteiger partial charge in [0.1, 0.15) is 11.5 Å². The van der Waals surface area contributed by atoms with Gasteiger partial charge in [-0.15, -0.1) is 0 Å². The molecule has 1 saturated heterocycles. The number of nitrogens with one attached hydrogen (secondary N) is 1. The van der Waals surface area contributed by atoms with E-state index < -0.39 is 0 Å². The fourth-order valence-corrected chi connectivity index (χ4v) is 3.12. The molecule has 1 aliphatic heterocycles. The maximum Gasteiger partial charge on any atom is 0.127 e. The average Bonchev–Trinajstić information content (AvgIpc) is 2.70. The highest BCUT2D eigenvalue weighted by Gasteiger charge is 2.10. The molecule has 1 fully saturated rings. The Kier molecular flexibility index (Phi) is 6.89. The molecule has 2 aromatic carbocycles. The predicted molar refractivity (Wildman–Crippen MR) is 103 cm³/mol. The Morgan fingerprint density at radius 3 is 2.35 bits per heavy atom. The van der Waals surface area contributed by atoms with E-state index in [4.69, 9.17) is 14.2 Å². The number of methoxy groups -OCH3 is 2. The molecular weight excluding hydrogens is 328 g/mol. The Labute approximate surface area is 155 Å². The van der Waals surface area contributed by atoms with Gasteiger partial charge in [-0.05, 0) is 17.2 Å². The lowest BCUT2D eigenvalue weighted by atomic mass is 10.1. The third-order valence-electron chi connectivity index (χ3n) is 4.67. The molecule has 0 saturated carbocycles. The molecule has 0 amide bonds. The van der Waals surface area contributed by atoms with E-state index in [9.17, 15) is 0 Å². The first-order chi connectivity index (χ1) is 12.8. The van der Waals surface area contributed by atoms with Crippen molar-refractivity contribution in [3.8, 4) is 11.5 Å². The highest BCUT2D eigenvalue weighted by atomic mass is 16.5. The van der Waals surface area contributed by atoms with Crippen LogP contribution in [0.25, 0.3) is 0 Å². The topological polar surface area (TPSA) is 43.0 Å². The smallest absolute Gasteiger partial charge is 0.127 e. The van der Waals surface area contributed by atoms with Crippen molar-refractivity contribution in [2.45, 2.75) is 19.6 Å². The van der Waals surface area contributed by atoms with Gasteiger partial charge in [-0.25, -0.2) is 0 Å². The molecule has 26 heavy (non-hydrogen) atoms. The van der Waals surface area contributed by atoms with Crippen molar-refractivity contribution >= 4 is 0 Å². The van der Waals surface area contributed by atoms with Crippen molar-refractivity contribution in [1.29, 1.82) is 0 Å². The lowest BCUT2D eigenvalue weighted by Crippen LogP contribution is -2.35. The number of morpholine rings is 1. The van der Waals surface area contributed by atoms with E-state index in [-0.39, 0.29) is 0 Å². The van der Waals surface area contributed by atoms with Crippen LogP contribution >= 0.6 is 0 Å². The SMILES string of the molecule is COc1ccc(CNCc2ccc(CN3CCOCC3)cc2)c(OC)c1. The molecule has 1 N–H and O–H groups in total. The highest BCUT2D eigenvalue weighted by Crippen LogP contribution is 2.24. The summed E-state index contributed by atoms with van der Waals surface area (Å²) in [5.74, 6) is 1.65. The molecule has 0 atom stereocenters. The van der Waals surface area contributed by atoms with E-state index >= 15 is 0 Å². The number of hydrogen-bond acceptors (Lipinski definition) is 5. The second-order valence-corrected chi connectivity index (χ2v) is 6.49. The lowest BCUT2D eigenvalue weighted by Gasteiger charge is -2.26. The molecule has 0 bridgehead atoms. The third-order valence-corrected chi connectivity index (χ3v) is 4.67. The van der Waals surface area contributed by atoms with E-state index in [1.807, 2.05) is 18.2 Å². The van der Waals surface area contributed by atoms with Crippen molar-refractivity contribution in [3.63, 3.8) is 0 Å². The first-order valence-electron chi connectivity index (χ1n) is 9.08. The van der Waals surface area contributed by atoms with Crippen LogP contribution in [0.3, 0.4) is 0 Å². The Bertz CT molecular complexity index is 682. The van der Waals surface area contributed by atoms with Crippen LogP contribution in [0.5, 0.6) is 11.5 Å². The van der Waals surface area contributed by atoms with Crippen LogP contribution in [0.15, 0.2) is 42.5 Å². The maximum atomic E-state index is 5.44. The average molecular weight is 356 g/mol. The Hall–Kier alpha value is -2.08. The van der Waals surface area contributed by atoms with Crippen LogP contribution in [0, 0.1) is 0 Å². The molecular formula is C21H28N2O3. The molecule has 2 aromatic rings. The maximum absolute atomic E-state index is 5.44. The highest BCUT2D eigenvalue weighted by molar-refractivity contribution is 5.40. The van der Waals surface area contributed by atoms with Gasteiger partial charge in [0, 0.05) is 44.4 Å². The summed E-state index contributed by atoms with van der Waals surface area (Å²) in [6.07, 6.45) is 0. The summed E-state index contributed by atoms with van der Waals surface area (Å²) in [6, 6.07) is 14.8. The molecule has 1 aliphatic rings. The van der Waals surface area contributed by atoms with Crippen LogP contribution in [-0.2, 0) is 24.4 Å². The van der Waals surface area contributed by atoms with Crippen molar-refractivity contribution in [1.82, 2.24) is 10.2 Å². The monoisotopic (exact) mass is 356 g/mol. The molecule has 140 valence electrons. The Morgan fingerprint density at radius 1 is 0.923 bits per heavy atom. The van der Waals surface area contributed by atoms with Gasteiger partial charge in [-0.1, -0.05) is 30.3 Å². The minimum atomic E-state index is 0.753. The molecule has 1 heterocycles. The minimum Gasteiger partial charge on any atom is -0.497 e. The summed E-state index contributed by atoms with van der Waals surface area (Å²) in [5.41, 5.74) is 3.76. The van der Waals surface area contributed by atoms with Crippen LogP contribution in [0.1, 0.15) is 16.7 Å². The summed E-state index contributed by atoms with van der Waals surface area (Å²) in [4.78, 5) is 2.44. The predicted octanol–water partition coefficient (Wildman–Crippen LogP) is 2.83. The van der Waals surface area contributed by atoms with Gasteiger partial charge >= 0.3 is 0 Å². The molecule has 0 aromatic heterocycles. The molecule has 0 aliphatic carbocycles. The fourth-order valence-electron chi connectivity index (χ4n) is 3.12. The Balaban J connectivity index is 1.49. The van der Waals surface area contributed by atoms with Gasteiger partial charge < -0.3 is 19.5 Å². The van der Waals surface area contributed by atoms with Crippen LogP contribution in [-0.4, -0.2) is 45.4 Å². The standard InChI is InChI=1S/C21H28N2O3/c1-24-20-8-7-19(21(13-20)25-2)15-22-14-17-3-5-18(6-4-17)16-23-9-11-26-12-10-23/h3-8,13,22H,9-12,14-16H2,1-2H3. The number of ether oxygens (including phenoxy) is 3. The van der Waals surface area contributed by atoms with E-state index in [1.54, 1.807) is 14.2 Å². The van der Waals surface area contributed by atoms with E-state index in [2.05, 4.69) is 34.5 Å². The van der Waals surface area contributed by atoms with Gasteiger partial charge in [0.2, 0.25) is 0 Å². The summed E-state index contributed by atoms with van der Waals surface area (Å²) in [5, 5.41) is 3.48. The molecule has 0 radical (unpaired) electrons. The molecule has 5 nitrogen and oxygen atoms in total. The van der Waals surface area contributed by atoms with Crippen molar-refractivity contribution < 1.29 is 14.2 Å². The lowest BCUT2D eigenvalue weighted by molar-refractivity contribution is 0.0342. The molecule has 3 rings (SSSR count). The quantitative estimate of drug-likeness (QED) is 0.788. The largest absolute Gasteiger partial charge is 0.497 e. The summed E-state index contributed by atoms with van der Waals surface area (Å²) in [6.45, 7) is 6.31. The van der Waals surface area contributed by atoms with Crippen LogP contribution < -0.4 is 14.8 Å². The van der Waals surface area contributed by atoms with Gasteiger partial charge in [0.15, 0.2) is 0 Å². The zero-order valence-electron chi connectivity index (χ0n) is 15.7. The molecule has 5 heteroatoms. The zero-order valence-corrected chi connectivity index (χ0v) is 15.7. The number of rotatable bonds is 8. The third kappa shape index (κ3) is 5.21. The molecule has 0 unspecified atom stereocenters. The number of nitrogens with zero attached hydrogens (tertiary/aromatic N) is 1. The summed E-state index contributed by atoms with van der Waals surface area (Å²) >= 11 is 0. The minimum absolute atomic E-state index is 0.753. The van der Waals surface area contributed by atoms with Gasteiger partial charge in [0.05, 0.1) is 27.4 Å².